The van der Waals surface area contributed by atoms with Gasteiger partial charge >= 0.3 is 0 Å². The standard InChI is InChI=1S/C16H22N2O2/c1-3-10-20-11-4-8-17-16-15-12-14(19-2)6-5-13(15)7-9-18-16/h5-7,9,12H,3-4,8,10-11H2,1-2H3,(H,17,18). The summed E-state index contributed by atoms with van der Waals surface area (Å²) in [4.78, 5) is 4.41. The largest absolute Gasteiger partial charge is 0.497 e. The minimum absolute atomic E-state index is 0.787. The molecule has 0 bridgehead atoms. The van der Waals surface area contributed by atoms with Crippen LogP contribution in [0.15, 0.2) is 30.5 Å². The third-order valence-corrected chi connectivity index (χ3v) is 3.08. The van der Waals surface area contributed by atoms with Gasteiger partial charge in [0.25, 0.3) is 0 Å². The van der Waals surface area contributed by atoms with Crippen LogP contribution in [0.1, 0.15) is 19.8 Å². The minimum atomic E-state index is 0.787. The number of anilines is 1. The van der Waals surface area contributed by atoms with Gasteiger partial charge in [-0.3, -0.25) is 0 Å². The van der Waals surface area contributed by atoms with E-state index < -0.39 is 0 Å². The van der Waals surface area contributed by atoms with Gasteiger partial charge in [0, 0.05) is 31.3 Å². The van der Waals surface area contributed by atoms with Crippen molar-refractivity contribution in [2.45, 2.75) is 19.8 Å². The maximum atomic E-state index is 5.46. The first-order valence-corrected chi connectivity index (χ1v) is 7.09. The maximum Gasteiger partial charge on any atom is 0.133 e. The molecule has 2 aromatic rings. The summed E-state index contributed by atoms with van der Waals surface area (Å²) in [6.07, 6.45) is 3.87. The highest BCUT2D eigenvalue weighted by Crippen LogP contribution is 2.25. The molecule has 20 heavy (non-hydrogen) atoms. The first kappa shape index (κ1) is 14.6. The van der Waals surface area contributed by atoms with Gasteiger partial charge < -0.3 is 14.8 Å². The minimum Gasteiger partial charge on any atom is -0.497 e. The predicted octanol–water partition coefficient (Wildman–Crippen LogP) is 3.47. The summed E-state index contributed by atoms with van der Waals surface area (Å²) in [5.41, 5.74) is 0. The number of ether oxygens (including phenoxy) is 2. The quantitative estimate of drug-likeness (QED) is 0.748. The monoisotopic (exact) mass is 274 g/mol. The zero-order valence-corrected chi connectivity index (χ0v) is 12.2. The Labute approximate surface area is 120 Å². The fourth-order valence-corrected chi connectivity index (χ4v) is 2.04. The second kappa shape index (κ2) is 7.70. The fourth-order valence-electron chi connectivity index (χ4n) is 2.04. The van der Waals surface area contributed by atoms with Gasteiger partial charge in [-0.25, -0.2) is 4.98 Å². The molecule has 1 heterocycles. The molecule has 0 saturated carbocycles. The summed E-state index contributed by atoms with van der Waals surface area (Å²) in [7, 11) is 1.68. The van der Waals surface area contributed by atoms with Crippen molar-refractivity contribution in [2.24, 2.45) is 0 Å². The highest BCUT2D eigenvalue weighted by Gasteiger charge is 2.03. The van der Waals surface area contributed by atoms with Gasteiger partial charge in [0.05, 0.1) is 7.11 Å². The molecule has 0 radical (unpaired) electrons. The van der Waals surface area contributed by atoms with E-state index in [1.165, 1.54) is 0 Å². The van der Waals surface area contributed by atoms with E-state index in [-0.39, 0.29) is 0 Å². The van der Waals surface area contributed by atoms with Gasteiger partial charge in [0.2, 0.25) is 0 Å². The SMILES string of the molecule is CCCOCCCNc1nccc2ccc(OC)cc12. The Hall–Kier alpha value is -1.81. The normalized spacial score (nSPS) is 10.7. The maximum absolute atomic E-state index is 5.46. The molecule has 0 aliphatic rings. The van der Waals surface area contributed by atoms with Crippen LogP contribution in [-0.4, -0.2) is 31.9 Å². The van der Waals surface area contributed by atoms with Crippen molar-refractivity contribution < 1.29 is 9.47 Å². The molecule has 0 saturated heterocycles. The van der Waals surface area contributed by atoms with E-state index in [9.17, 15) is 0 Å². The number of aromatic nitrogens is 1. The van der Waals surface area contributed by atoms with Crippen molar-refractivity contribution in [1.29, 1.82) is 0 Å². The van der Waals surface area contributed by atoms with Gasteiger partial charge in [-0.05, 0) is 36.4 Å². The van der Waals surface area contributed by atoms with Crippen LogP contribution < -0.4 is 10.1 Å². The number of fused-ring (bicyclic) bond motifs is 1. The molecule has 0 aliphatic heterocycles. The smallest absolute Gasteiger partial charge is 0.133 e. The molecular weight excluding hydrogens is 252 g/mol. The van der Waals surface area contributed by atoms with E-state index in [0.717, 1.165) is 54.9 Å². The number of hydrogen-bond donors (Lipinski definition) is 1. The summed E-state index contributed by atoms with van der Waals surface area (Å²) in [6.45, 7) is 4.59. The van der Waals surface area contributed by atoms with Crippen LogP contribution in [0.2, 0.25) is 0 Å². The summed E-state index contributed by atoms with van der Waals surface area (Å²) < 4.78 is 10.7. The van der Waals surface area contributed by atoms with Crippen LogP contribution in [0.3, 0.4) is 0 Å². The fraction of sp³-hybridized carbons (Fsp3) is 0.438. The lowest BCUT2D eigenvalue weighted by Crippen LogP contribution is -2.07. The van der Waals surface area contributed by atoms with Crippen molar-refractivity contribution >= 4 is 16.6 Å². The van der Waals surface area contributed by atoms with Gasteiger partial charge in [-0.1, -0.05) is 13.0 Å². The first-order chi connectivity index (χ1) is 9.85. The average Bonchev–Trinajstić information content (AvgIpc) is 2.50. The number of nitrogens with zero attached hydrogens (tertiary/aromatic N) is 1. The Kier molecular flexibility index (Phi) is 5.62. The molecule has 0 spiro atoms. The van der Waals surface area contributed by atoms with Crippen molar-refractivity contribution in [3.63, 3.8) is 0 Å². The molecule has 0 unspecified atom stereocenters. The van der Waals surface area contributed by atoms with E-state index in [4.69, 9.17) is 9.47 Å². The zero-order chi connectivity index (χ0) is 14.2. The summed E-state index contributed by atoms with van der Waals surface area (Å²) in [5, 5.41) is 5.61. The van der Waals surface area contributed by atoms with Crippen LogP contribution in [0.5, 0.6) is 5.75 Å². The van der Waals surface area contributed by atoms with E-state index >= 15 is 0 Å². The molecule has 0 amide bonds. The molecule has 0 fully saturated rings. The van der Waals surface area contributed by atoms with Gasteiger partial charge in [0.15, 0.2) is 0 Å². The first-order valence-electron chi connectivity index (χ1n) is 7.09. The van der Waals surface area contributed by atoms with Crippen LogP contribution in [-0.2, 0) is 4.74 Å². The lowest BCUT2D eigenvalue weighted by atomic mass is 10.1. The van der Waals surface area contributed by atoms with Gasteiger partial charge in [-0.2, -0.15) is 0 Å². The van der Waals surface area contributed by atoms with E-state index in [1.807, 2.05) is 30.5 Å². The van der Waals surface area contributed by atoms with Gasteiger partial charge in [0.1, 0.15) is 11.6 Å². The van der Waals surface area contributed by atoms with Crippen molar-refractivity contribution in [3.05, 3.63) is 30.5 Å². The Morgan fingerprint density at radius 1 is 1.20 bits per heavy atom. The van der Waals surface area contributed by atoms with Crippen LogP contribution in [0.25, 0.3) is 10.8 Å². The Bertz CT molecular complexity index is 543. The van der Waals surface area contributed by atoms with Gasteiger partial charge in [-0.15, -0.1) is 0 Å². The molecule has 0 atom stereocenters. The summed E-state index contributed by atoms with van der Waals surface area (Å²) >= 11 is 0. The summed E-state index contributed by atoms with van der Waals surface area (Å²) in [5.74, 6) is 1.75. The van der Waals surface area contributed by atoms with Crippen molar-refractivity contribution in [2.75, 3.05) is 32.2 Å². The molecule has 1 aromatic heterocycles. The zero-order valence-electron chi connectivity index (χ0n) is 12.2. The van der Waals surface area contributed by atoms with Crippen molar-refractivity contribution in [3.8, 4) is 5.75 Å². The Morgan fingerprint density at radius 3 is 2.90 bits per heavy atom. The lowest BCUT2D eigenvalue weighted by molar-refractivity contribution is 0.134. The van der Waals surface area contributed by atoms with Crippen LogP contribution >= 0.6 is 0 Å². The second-order valence-electron chi connectivity index (χ2n) is 4.64. The lowest BCUT2D eigenvalue weighted by Gasteiger charge is -2.10. The van der Waals surface area contributed by atoms with Crippen LogP contribution in [0, 0.1) is 0 Å². The molecule has 4 nitrogen and oxygen atoms in total. The van der Waals surface area contributed by atoms with E-state index in [1.54, 1.807) is 7.11 Å². The molecule has 1 N–H and O–H groups in total. The number of hydrogen-bond acceptors (Lipinski definition) is 4. The topological polar surface area (TPSA) is 43.4 Å². The van der Waals surface area contributed by atoms with Crippen LogP contribution in [0.4, 0.5) is 5.82 Å². The Balaban J connectivity index is 1.98. The molecule has 4 heteroatoms. The number of rotatable bonds is 8. The molecule has 1 aromatic carbocycles. The van der Waals surface area contributed by atoms with E-state index in [2.05, 4.69) is 17.2 Å². The third kappa shape index (κ3) is 3.84. The molecular formula is C16H22N2O2. The number of pyridine rings is 1. The predicted molar refractivity (Wildman–Crippen MR) is 82.5 cm³/mol. The highest BCUT2D eigenvalue weighted by atomic mass is 16.5. The molecule has 108 valence electrons. The summed E-state index contributed by atoms with van der Waals surface area (Å²) in [6, 6.07) is 8.03. The number of methoxy groups -OCH3 is 1. The second-order valence-corrected chi connectivity index (χ2v) is 4.64. The van der Waals surface area contributed by atoms with E-state index in [0.29, 0.717) is 0 Å². The number of nitrogens with one attached hydrogen (secondary N) is 1. The highest BCUT2D eigenvalue weighted by molar-refractivity contribution is 5.92. The molecule has 2 rings (SSSR count). The van der Waals surface area contributed by atoms with Crippen molar-refractivity contribution in [1.82, 2.24) is 4.98 Å². The third-order valence-electron chi connectivity index (χ3n) is 3.08. The Morgan fingerprint density at radius 2 is 2.10 bits per heavy atom. The average molecular weight is 274 g/mol. The number of benzene rings is 1. The molecule has 0 aliphatic carbocycles.